The van der Waals surface area contributed by atoms with Gasteiger partial charge < -0.3 is 29.7 Å². The van der Waals surface area contributed by atoms with Gasteiger partial charge >= 0.3 is 6.29 Å². The number of aliphatic hydroxyl groups is 2. The van der Waals surface area contributed by atoms with E-state index in [0.717, 1.165) is 5.57 Å². The van der Waals surface area contributed by atoms with Gasteiger partial charge in [0.25, 0.3) is 0 Å². The second kappa shape index (κ2) is 11.4. The quantitative estimate of drug-likeness (QED) is 0.306. The number of methoxy groups -OCH3 is 1. The molecule has 0 aromatic heterocycles. The van der Waals surface area contributed by atoms with Crippen LogP contribution in [0.2, 0.25) is 0 Å². The Bertz CT molecular complexity index is 1280. The van der Waals surface area contributed by atoms with Crippen molar-refractivity contribution in [3.63, 3.8) is 0 Å². The second-order valence-electron chi connectivity index (χ2n) is 11.2. The van der Waals surface area contributed by atoms with Crippen LogP contribution in [0.1, 0.15) is 62.6 Å². The number of aliphatic hydroxyl groups excluding tert-OH is 2. The van der Waals surface area contributed by atoms with Crippen molar-refractivity contribution in [3.05, 3.63) is 58.4 Å². The molecule has 1 unspecified atom stereocenters. The first-order valence-electron chi connectivity index (χ1n) is 13.3. The minimum absolute atomic E-state index is 0.00119. The minimum Gasteiger partial charge on any atom is -0.395 e. The Balaban J connectivity index is 1.57. The number of halogens is 3. The molecule has 4 rings (SSSR count). The zero-order chi connectivity index (χ0) is 29.3. The molecule has 10 heteroatoms. The smallest absolute Gasteiger partial charge is 0.395 e. The number of anilines is 1. The molecular formula is C30H36F3NO6. The molecule has 0 saturated heterocycles. The van der Waals surface area contributed by atoms with Gasteiger partial charge in [0.15, 0.2) is 11.5 Å². The number of fused-ring (bicyclic) bond motifs is 1. The molecule has 1 aliphatic carbocycles. The maximum Gasteiger partial charge on any atom is 0.586 e. The van der Waals surface area contributed by atoms with Gasteiger partial charge in [-0.25, -0.2) is 4.39 Å². The van der Waals surface area contributed by atoms with Crippen LogP contribution in [0.3, 0.4) is 0 Å². The van der Waals surface area contributed by atoms with Crippen LogP contribution in [-0.2, 0) is 14.9 Å². The molecule has 1 atom stereocenters. The first kappa shape index (κ1) is 29.9. The van der Waals surface area contributed by atoms with Crippen molar-refractivity contribution >= 4 is 17.7 Å². The fourth-order valence-corrected chi connectivity index (χ4v) is 4.90. The molecule has 1 aliphatic heterocycles. The molecule has 1 heterocycles. The third kappa shape index (κ3) is 6.29. The van der Waals surface area contributed by atoms with Crippen LogP contribution < -0.4 is 14.8 Å². The highest BCUT2D eigenvalue weighted by molar-refractivity contribution is 6.01. The van der Waals surface area contributed by atoms with E-state index in [9.17, 15) is 23.8 Å². The van der Waals surface area contributed by atoms with E-state index in [4.69, 9.17) is 4.74 Å². The summed E-state index contributed by atoms with van der Waals surface area (Å²) in [6.07, 6.45) is 0.786. The normalized spacial score (nSPS) is 18.0. The minimum atomic E-state index is -3.76. The molecule has 1 saturated carbocycles. The van der Waals surface area contributed by atoms with Gasteiger partial charge in [0.05, 0.1) is 30.4 Å². The largest absolute Gasteiger partial charge is 0.586 e. The summed E-state index contributed by atoms with van der Waals surface area (Å²) < 4.78 is 56.2. The Hall–Kier alpha value is -3.08. The molecule has 2 aliphatic rings. The first-order chi connectivity index (χ1) is 18.8. The molecule has 218 valence electrons. The van der Waals surface area contributed by atoms with Crippen molar-refractivity contribution in [1.29, 1.82) is 0 Å². The van der Waals surface area contributed by atoms with Gasteiger partial charge in [-0.05, 0) is 80.0 Å². The molecule has 2 aromatic carbocycles. The zero-order valence-corrected chi connectivity index (χ0v) is 23.2. The van der Waals surface area contributed by atoms with Crippen LogP contribution >= 0.6 is 0 Å². The summed E-state index contributed by atoms with van der Waals surface area (Å²) in [5.74, 6) is -1.30. The predicted molar refractivity (Wildman–Crippen MR) is 144 cm³/mol. The van der Waals surface area contributed by atoms with Gasteiger partial charge in [-0.15, -0.1) is 8.78 Å². The van der Waals surface area contributed by atoms with E-state index in [0.29, 0.717) is 48.8 Å². The van der Waals surface area contributed by atoms with Gasteiger partial charge in [0.1, 0.15) is 5.82 Å². The predicted octanol–water partition coefficient (Wildman–Crippen LogP) is 5.71. The van der Waals surface area contributed by atoms with Crippen molar-refractivity contribution in [2.24, 2.45) is 5.41 Å². The summed E-state index contributed by atoms with van der Waals surface area (Å²) in [7, 11) is 1.55. The van der Waals surface area contributed by atoms with Crippen LogP contribution in [0.25, 0.3) is 6.08 Å². The highest BCUT2D eigenvalue weighted by Gasteiger charge is 2.53. The number of aryl methyl sites for hydroxylation is 1. The average Bonchev–Trinajstić information content (AvgIpc) is 3.65. The van der Waals surface area contributed by atoms with Crippen molar-refractivity contribution in [2.45, 2.75) is 70.7 Å². The highest BCUT2D eigenvalue weighted by atomic mass is 19.3. The van der Waals surface area contributed by atoms with E-state index in [1.165, 1.54) is 18.2 Å². The van der Waals surface area contributed by atoms with E-state index in [1.54, 1.807) is 26.2 Å². The zero-order valence-electron chi connectivity index (χ0n) is 23.2. The molecule has 0 radical (unpaired) electrons. The van der Waals surface area contributed by atoms with Crippen molar-refractivity contribution in [1.82, 2.24) is 0 Å². The summed E-state index contributed by atoms with van der Waals surface area (Å²) in [5, 5.41) is 22.1. The Morgan fingerprint density at radius 1 is 1.18 bits per heavy atom. The summed E-state index contributed by atoms with van der Waals surface area (Å²) in [6.45, 7) is 5.41. The number of hydrogen-bond acceptors (Lipinski definition) is 6. The SMILES string of the molecule is COC(CO)CCCC(=Cc1cc(NC(=O)C2(c3ccc4c(c3)OC(F)(F)O4)CC2)c(F)cc1C)C(C)(C)CO. The number of amides is 1. The number of ether oxygens (including phenoxy) is 3. The topological polar surface area (TPSA) is 97.3 Å². The number of hydrogen-bond donors (Lipinski definition) is 3. The van der Waals surface area contributed by atoms with E-state index < -0.39 is 28.8 Å². The fraction of sp³-hybridized carbons (Fsp3) is 0.500. The van der Waals surface area contributed by atoms with Gasteiger partial charge in [-0.2, -0.15) is 0 Å². The Labute approximate surface area is 231 Å². The van der Waals surface area contributed by atoms with Crippen molar-refractivity contribution in [2.75, 3.05) is 25.6 Å². The van der Waals surface area contributed by atoms with Crippen LogP contribution in [0.15, 0.2) is 35.9 Å². The second-order valence-corrected chi connectivity index (χ2v) is 11.2. The summed E-state index contributed by atoms with van der Waals surface area (Å²) in [5.41, 5.74) is 1.23. The lowest BCUT2D eigenvalue weighted by Crippen LogP contribution is -2.28. The Kier molecular flexibility index (Phi) is 8.54. The lowest BCUT2D eigenvalue weighted by atomic mass is 9.80. The number of benzene rings is 2. The maximum atomic E-state index is 15.0. The van der Waals surface area contributed by atoms with E-state index in [2.05, 4.69) is 14.8 Å². The molecular weight excluding hydrogens is 527 g/mol. The number of alkyl halides is 2. The number of nitrogens with one attached hydrogen (secondary N) is 1. The van der Waals surface area contributed by atoms with Crippen LogP contribution in [0, 0.1) is 18.2 Å². The van der Waals surface area contributed by atoms with Gasteiger partial charge in [-0.3, -0.25) is 4.79 Å². The van der Waals surface area contributed by atoms with Gasteiger partial charge in [0, 0.05) is 12.5 Å². The third-order valence-corrected chi connectivity index (χ3v) is 7.85. The molecule has 1 fully saturated rings. The van der Waals surface area contributed by atoms with E-state index >= 15 is 4.39 Å². The lowest BCUT2D eigenvalue weighted by molar-refractivity contribution is -0.286. The summed E-state index contributed by atoms with van der Waals surface area (Å²) in [6, 6.07) is 7.17. The average molecular weight is 564 g/mol. The maximum absolute atomic E-state index is 15.0. The van der Waals surface area contributed by atoms with Crippen LogP contribution in [0.4, 0.5) is 18.9 Å². The molecule has 0 bridgehead atoms. The summed E-state index contributed by atoms with van der Waals surface area (Å²) >= 11 is 0. The lowest BCUT2D eigenvalue weighted by Gasteiger charge is -2.27. The molecule has 1 amide bonds. The van der Waals surface area contributed by atoms with Crippen LogP contribution in [0.5, 0.6) is 11.5 Å². The van der Waals surface area contributed by atoms with Gasteiger partial charge in [-0.1, -0.05) is 31.6 Å². The first-order valence-corrected chi connectivity index (χ1v) is 13.3. The number of carbonyl (C=O) groups excluding carboxylic acids is 1. The summed E-state index contributed by atoms with van der Waals surface area (Å²) in [4.78, 5) is 13.4. The molecule has 2 aromatic rings. The number of carbonyl (C=O) groups is 1. The molecule has 7 nitrogen and oxygen atoms in total. The van der Waals surface area contributed by atoms with Crippen molar-refractivity contribution < 1.29 is 42.4 Å². The van der Waals surface area contributed by atoms with Gasteiger partial charge in [0.2, 0.25) is 5.91 Å². The standard InChI is InChI=1S/C30H36F3NO6/c1-18-12-23(31)24(14-19(18)13-20(28(2,3)17-36)6-5-7-22(16-35)38-4)34-27(37)29(10-11-29)21-8-9-25-26(15-21)40-30(32,33)39-25/h8-9,12-15,22,35-36H,5-7,10-11,16-17H2,1-4H3,(H,34,37). The monoisotopic (exact) mass is 563 g/mol. The van der Waals surface area contributed by atoms with Crippen LogP contribution in [-0.4, -0.2) is 48.8 Å². The highest BCUT2D eigenvalue weighted by Crippen LogP contribution is 2.52. The molecule has 0 spiro atoms. The molecule has 40 heavy (non-hydrogen) atoms. The third-order valence-electron chi connectivity index (χ3n) is 7.85. The fourth-order valence-electron chi connectivity index (χ4n) is 4.90. The Morgan fingerprint density at radius 2 is 1.88 bits per heavy atom. The Morgan fingerprint density at radius 3 is 2.50 bits per heavy atom. The van der Waals surface area contributed by atoms with E-state index in [1.807, 2.05) is 19.9 Å². The number of rotatable bonds is 12. The van der Waals surface area contributed by atoms with Crippen molar-refractivity contribution in [3.8, 4) is 11.5 Å². The molecule has 3 N–H and O–H groups in total. The van der Waals surface area contributed by atoms with E-state index in [-0.39, 0.29) is 36.5 Å².